The van der Waals surface area contributed by atoms with Gasteiger partial charge in [0.05, 0.1) is 0 Å². The molecule has 3 unspecified atom stereocenters. The van der Waals surface area contributed by atoms with Gasteiger partial charge in [-0.1, -0.05) is 18.2 Å². The van der Waals surface area contributed by atoms with Crippen LogP contribution >= 0.6 is 0 Å². The average molecular weight is 251 g/mol. The lowest BCUT2D eigenvalue weighted by atomic mass is 10.0. The van der Waals surface area contributed by atoms with E-state index >= 15 is 0 Å². The van der Waals surface area contributed by atoms with Gasteiger partial charge in [0.15, 0.2) is 6.35 Å². The highest BCUT2D eigenvalue weighted by atomic mass is 19.1. The first-order valence-electron chi connectivity index (χ1n) is 6.00. The van der Waals surface area contributed by atoms with Crippen LogP contribution in [0, 0.1) is 0 Å². The number of rotatable bonds is 4. The van der Waals surface area contributed by atoms with Crippen molar-refractivity contribution in [2.24, 2.45) is 0 Å². The second kappa shape index (κ2) is 5.84. The van der Waals surface area contributed by atoms with Gasteiger partial charge < -0.3 is 16.2 Å². The summed E-state index contributed by atoms with van der Waals surface area (Å²) in [4.78, 5) is 0. The fourth-order valence-corrected chi connectivity index (χ4v) is 2.00. The Labute approximate surface area is 106 Å². The van der Waals surface area contributed by atoms with Crippen molar-refractivity contribution < 1.29 is 9.50 Å². The fourth-order valence-electron chi connectivity index (χ4n) is 2.00. The Morgan fingerprint density at radius 3 is 3.00 bits per heavy atom. The molecule has 0 saturated heterocycles. The molecule has 5 heteroatoms. The second-order valence-corrected chi connectivity index (χ2v) is 4.44. The van der Waals surface area contributed by atoms with Crippen LogP contribution in [0.5, 0.6) is 0 Å². The number of allylic oxidation sites excluding steroid dienone is 1. The van der Waals surface area contributed by atoms with Crippen molar-refractivity contribution in [1.82, 2.24) is 5.32 Å². The molecule has 1 aliphatic carbocycles. The zero-order valence-electron chi connectivity index (χ0n) is 10.0. The number of aliphatic hydroxyl groups is 1. The number of nitrogens with two attached hydrogens (primary N) is 1. The Balaban J connectivity index is 1.87. The molecular weight excluding hydrogens is 233 g/mol. The first-order chi connectivity index (χ1) is 8.63. The molecule has 18 heavy (non-hydrogen) atoms. The van der Waals surface area contributed by atoms with Crippen LogP contribution in [0.1, 0.15) is 12.8 Å². The third kappa shape index (κ3) is 3.72. The maximum atomic E-state index is 13.2. The number of benzene rings is 1. The van der Waals surface area contributed by atoms with Gasteiger partial charge in [0, 0.05) is 17.4 Å². The van der Waals surface area contributed by atoms with Crippen LogP contribution in [0.3, 0.4) is 0 Å². The van der Waals surface area contributed by atoms with Crippen LogP contribution in [-0.4, -0.2) is 23.7 Å². The predicted molar refractivity (Wildman–Crippen MR) is 70.7 cm³/mol. The number of anilines is 2. The van der Waals surface area contributed by atoms with Crippen molar-refractivity contribution in [2.45, 2.75) is 31.4 Å². The molecule has 0 amide bonds. The summed E-state index contributed by atoms with van der Waals surface area (Å²) in [6.45, 7) is 0. The summed E-state index contributed by atoms with van der Waals surface area (Å²) in [5, 5.41) is 15.6. The van der Waals surface area contributed by atoms with Crippen molar-refractivity contribution in [2.75, 3.05) is 11.1 Å². The summed E-state index contributed by atoms with van der Waals surface area (Å²) in [5.74, 6) is 0. The molecule has 2 rings (SSSR count). The highest BCUT2D eigenvalue weighted by Crippen LogP contribution is 2.16. The predicted octanol–water partition coefficient (Wildman–Crippen LogP) is 1.60. The van der Waals surface area contributed by atoms with Crippen molar-refractivity contribution in [3.8, 4) is 0 Å². The molecule has 0 aliphatic heterocycles. The maximum Gasteiger partial charge on any atom is 0.181 e. The lowest BCUT2D eigenvalue weighted by molar-refractivity contribution is 0.145. The molecule has 0 aromatic heterocycles. The van der Waals surface area contributed by atoms with Gasteiger partial charge in [-0.25, -0.2) is 4.39 Å². The number of alkyl halides is 1. The largest absolute Gasteiger partial charge is 0.399 e. The summed E-state index contributed by atoms with van der Waals surface area (Å²) < 4.78 is 13.2. The van der Waals surface area contributed by atoms with E-state index in [-0.39, 0.29) is 6.04 Å². The highest BCUT2D eigenvalue weighted by Gasteiger charge is 2.18. The molecule has 3 atom stereocenters. The van der Waals surface area contributed by atoms with Gasteiger partial charge in [0.25, 0.3) is 0 Å². The number of aliphatic hydroxyl groups excluding tert-OH is 1. The molecule has 0 spiro atoms. The van der Waals surface area contributed by atoms with Gasteiger partial charge >= 0.3 is 0 Å². The molecular formula is C13H18FN3O. The fraction of sp³-hybridized carbons (Fsp3) is 0.385. The second-order valence-electron chi connectivity index (χ2n) is 4.44. The monoisotopic (exact) mass is 251 g/mol. The number of hydrogen-bond acceptors (Lipinski definition) is 4. The van der Waals surface area contributed by atoms with Crippen molar-refractivity contribution in [1.29, 1.82) is 0 Å². The zero-order valence-corrected chi connectivity index (χ0v) is 10.0. The van der Waals surface area contributed by atoms with E-state index in [9.17, 15) is 9.50 Å². The zero-order chi connectivity index (χ0) is 13.0. The van der Waals surface area contributed by atoms with Gasteiger partial charge in [-0.3, -0.25) is 5.32 Å². The molecule has 0 saturated carbocycles. The van der Waals surface area contributed by atoms with Gasteiger partial charge in [-0.05, 0) is 31.0 Å². The number of nitrogen functional groups attached to an aromatic ring is 1. The van der Waals surface area contributed by atoms with Gasteiger partial charge in [0.2, 0.25) is 0 Å². The molecule has 1 aromatic rings. The molecule has 0 fully saturated rings. The third-order valence-corrected chi connectivity index (χ3v) is 2.83. The molecule has 0 heterocycles. The van der Waals surface area contributed by atoms with E-state index in [0.717, 1.165) is 0 Å². The summed E-state index contributed by atoms with van der Waals surface area (Å²) in [6.07, 6.45) is 2.72. The van der Waals surface area contributed by atoms with Crippen molar-refractivity contribution in [3.05, 3.63) is 36.4 Å². The topological polar surface area (TPSA) is 70.3 Å². The normalized spacial score (nSPS) is 24.8. The first-order valence-corrected chi connectivity index (χ1v) is 6.00. The van der Waals surface area contributed by atoms with Crippen LogP contribution in [-0.2, 0) is 0 Å². The van der Waals surface area contributed by atoms with E-state index in [1.54, 1.807) is 30.3 Å². The SMILES string of the molecule is Nc1cccc(NC(O)NC2C=CCC(F)C2)c1. The average Bonchev–Trinajstić information content (AvgIpc) is 2.28. The molecule has 4 nitrogen and oxygen atoms in total. The number of hydrogen-bond donors (Lipinski definition) is 4. The number of nitrogens with one attached hydrogen (secondary N) is 2. The van der Waals surface area contributed by atoms with Crippen LogP contribution in [0.2, 0.25) is 0 Å². The Bertz CT molecular complexity index is 424. The van der Waals surface area contributed by atoms with E-state index in [4.69, 9.17) is 5.73 Å². The van der Waals surface area contributed by atoms with Crippen LogP contribution in [0.4, 0.5) is 15.8 Å². The van der Waals surface area contributed by atoms with E-state index < -0.39 is 12.5 Å². The quantitative estimate of drug-likeness (QED) is 0.373. The summed E-state index contributed by atoms with van der Waals surface area (Å²) in [6, 6.07) is 6.93. The standard InChI is InChI=1S/C13H18FN3O/c14-9-3-1-5-11(7-9)16-13(18)17-12-6-2-4-10(15)8-12/h1-2,4-6,8-9,11,13,16-18H,3,7,15H2. The molecule has 5 N–H and O–H groups in total. The smallest absolute Gasteiger partial charge is 0.181 e. The molecule has 1 aromatic carbocycles. The number of halogens is 1. The molecule has 98 valence electrons. The van der Waals surface area contributed by atoms with Gasteiger partial charge in [0.1, 0.15) is 6.17 Å². The minimum atomic E-state index is -0.938. The molecule has 0 bridgehead atoms. The van der Waals surface area contributed by atoms with E-state index in [1.165, 1.54) is 0 Å². The van der Waals surface area contributed by atoms with Crippen LogP contribution in [0.25, 0.3) is 0 Å². The van der Waals surface area contributed by atoms with E-state index in [2.05, 4.69) is 10.6 Å². The third-order valence-electron chi connectivity index (χ3n) is 2.83. The van der Waals surface area contributed by atoms with Crippen LogP contribution in [0.15, 0.2) is 36.4 Å². The Morgan fingerprint density at radius 1 is 1.44 bits per heavy atom. The van der Waals surface area contributed by atoms with Gasteiger partial charge in [-0.2, -0.15) is 0 Å². The minimum absolute atomic E-state index is 0.155. The minimum Gasteiger partial charge on any atom is -0.399 e. The first kappa shape index (κ1) is 12.9. The Kier molecular flexibility index (Phi) is 4.17. The molecule has 1 aliphatic rings. The van der Waals surface area contributed by atoms with E-state index in [1.807, 2.05) is 6.08 Å². The van der Waals surface area contributed by atoms with Crippen molar-refractivity contribution in [3.63, 3.8) is 0 Å². The van der Waals surface area contributed by atoms with Crippen LogP contribution < -0.4 is 16.4 Å². The highest BCUT2D eigenvalue weighted by molar-refractivity contribution is 5.54. The summed E-state index contributed by atoms with van der Waals surface area (Å²) >= 11 is 0. The van der Waals surface area contributed by atoms with E-state index in [0.29, 0.717) is 24.2 Å². The lowest BCUT2D eigenvalue weighted by Gasteiger charge is -2.24. The Morgan fingerprint density at radius 2 is 2.28 bits per heavy atom. The van der Waals surface area contributed by atoms with Gasteiger partial charge in [-0.15, -0.1) is 0 Å². The van der Waals surface area contributed by atoms with Crippen molar-refractivity contribution >= 4 is 11.4 Å². The molecule has 0 radical (unpaired) electrons. The lowest BCUT2D eigenvalue weighted by Crippen LogP contribution is -2.44. The Hall–Kier alpha value is -1.59. The summed E-state index contributed by atoms with van der Waals surface area (Å²) in [7, 11) is 0. The maximum absolute atomic E-state index is 13.2. The summed E-state index contributed by atoms with van der Waals surface area (Å²) in [5.41, 5.74) is 6.97.